The molecule has 0 fully saturated rings. The second kappa shape index (κ2) is 5.93. The third kappa shape index (κ3) is 3.02. The lowest BCUT2D eigenvalue weighted by Gasteiger charge is -2.20. The Morgan fingerprint density at radius 2 is 2.20 bits per heavy atom. The molecule has 0 saturated heterocycles. The molecular weight excluding hydrogens is 292 g/mol. The number of carboxylic acid groups (broad SMARTS) is 1. The number of anilines is 1. The van der Waals surface area contributed by atoms with Gasteiger partial charge in [-0.25, -0.2) is 4.98 Å². The van der Waals surface area contributed by atoms with Crippen molar-refractivity contribution in [1.82, 2.24) is 4.98 Å². The summed E-state index contributed by atoms with van der Waals surface area (Å²) in [4.78, 5) is 19.2. The first-order valence-corrected chi connectivity index (χ1v) is 8.17. The third-order valence-corrected chi connectivity index (χ3v) is 5.01. The van der Waals surface area contributed by atoms with Crippen LogP contribution >= 0.6 is 22.7 Å². The van der Waals surface area contributed by atoms with E-state index >= 15 is 0 Å². The second-order valence-corrected chi connectivity index (χ2v) is 6.91. The third-order valence-electron chi connectivity index (χ3n) is 3.25. The van der Waals surface area contributed by atoms with E-state index in [9.17, 15) is 9.90 Å². The maximum Gasteiger partial charge on any atom is 0.315 e. The minimum atomic E-state index is -0.947. The molecule has 0 aliphatic carbocycles. The van der Waals surface area contributed by atoms with Gasteiger partial charge in [0, 0.05) is 16.8 Å². The first kappa shape index (κ1) is 15.0. The van der Waals surface area contributed by atoms with Crippen molar-refractivity contribution in [3.8, 4) is 0 Å². The second-order valence-electron chi connectivity index (χ2n) is 5.04. The van der Waals surface area contributed by atoms with Gasteiger partial charge in [0.25, 0.3) is 0 Å². The largest absolute Gasteiger partial charge is 0.481 e. The van der Waals surface area contributed by atoms with Gasteiger partial charge in [-0.15, -0.1) is 22.7 Å². The Morgan fingerprint density at radius 3 is 2.75 bits per heavy atom. The molecule has 2 rings (SSSR count). The van der Waals surface area contributed by atoms with E-state index < -0.39 is 11.4 Å². The topological polar surface area (TPSA) is 53.4 Å². The Morgan fingerprint density at radius 1 is 1.45 bits per heavy atom. The van der Waals surface area contributed by atoms with Crippen molar-refractivity contribution in [3.63, 3.8) is 0 Å². The number of aromatic nitrogens is 1. The summed E-state index contributed by atoms with van der Waals surface area (Å²) in [5.74, 6) is -0.851. The number of hydrogen-bond acceptors (Lipinski definition) is 5. The minimum absolute atomic E-state index is 0.620. The first-order valence-electron chi connectivity index (χ1n) is 6.42. The maximum absolute atomic E-state index is 11.3. The highest BCUT2D eigenvalue weighted by atomic mass is 32.1. The number of carboxylic acids is 1. The number of hydrogen-bond donors (Lipinski definition) is 1. The number of thiazole rings is 1. The van der Waals surface area contributed by atoms with Crippen LogP contribution in [-0.2, 0) is 16.8 Å². The van der Waals surface area contributed by atoms with Crippen LogP contribution in [0.1, 0.15) is 31.3 Å². The van der Waals surface area contributed by atoms with E-state index in [0.717, 1.165) is 18.2 Å². The molecule has 0 radical (unpaired) electrons. The van der Waals surface area contributed by atoms with Crippen LogP contribution in [-0.4, -0.2) is 22.6 Å². The lowest BCUT2D eigenvalue weighted by Crippen LogP contribution is -2.29. The van der Waals surface area contributed by atoms with Gasteiger partial charge >= 0.3 is 5.97 Å². The van der Waals surface area contributed by atoms with Crippen LogP contribution in [0, 0.1) is 0 Å². The van der Waals surface area contributed by atoms with Crippen LogP contribution < -0.4 is 4.90 Å². The van der Waals surface area contributed by atoms with Gasteiger partial charge in [-0.3, -0.25) is 4.79 Å². The SMILES string of the molecule is CCN(Cc1cccs1)c1nc(C(C)(C)C(=O)O)cs1. The maximum atomic E-state index is 11.3. The molecule has 0 bridgehead atoms. The van der Waals surface area contributed by atoms with Crippen molar-refractivity contribution < 1.29 is 9.90 Å². The van der Waals surface area contributed by atoms with E-state index in [1.165, 1.54) is 16.2 Å². The molecule has 0 aliphatic heterocycles. The molecule has 0 aromatic carbocycles. The molecule has 2 aromatic heterocycles. The summed E-state index contributed by atoms with van der Waals surface area (Å²) in [7, 11) is 0. The van der Waals surface area contributed by atoms with Gasteiger partial charge in [0.2, 0.25) is 0 Å². The molecule has 108 valence electrons. The molecular formula is C14H18N2O2S2. The Balaban J connectivity index is 2.20. The zero-order valence-corrected chi connectivity index (χ0v) is 13.4. The van der Waals surface area contributed by atoms with Gasteiger partial charge in [-0.1, -0.05) is 6.07 Å². The van der Waals surface area contributed by atoms with Crippen molar-refractivity contribution in [2.45, 2.75) is 32.7 Å². The van der Waals surface area contributed by atoms with Crippen LogP contribution in [0.25, 0.3) is 0 Å². The fourth-order valence-electron chi connectivity index (χ4n) is 1.71. The summed E-state index contributed by atoms with van der Waals surface area (Å²) in [5.41, 5.74) is -0.327. The van der Waals surface area contributed by atoms with Crippen LogP contribution in [0.4, 0.5) is 5.13 Å². The van der Waals surface area contributed by atoms with E-state index in [1.807, 2.05) is 11.4 Å². The Hall–Kier alpha value is -1.40. The molecule has 2 aromatic rings. The number of thiophene rings is 1. The van der Waals surface area contributed by atoms with E-state index in [4.69, 9.17) is 0 Å². The summed E-state index contributed by atoms with van der Waals surface area (Å²) >= 11 is 3.22. The molecule has 20 heavy (non-hydrogen) atoms. The van der Waals surface area contributed by atoms with Crippen molar-refractivity contribution in [1.29, 1.82) is 0 Å². The fraction of sp³-hybridized carbons (Fsp3) is 0.429. The lowest BCUT2D eigenvalue weighted by atomic mass is 9.90. The Labute approximate surface area is 126 Å². The van der Waals surface area contributed by atoms with Gasteiger partial charge in [0.1, 0.15) is 5.41 Å². The van der Waals surface area contributed by atoms with E-state index in [0.29, 0.717) is 5.69 Å². The first-order chi connectivity index (χ1) is 9.45. The average molecular weight is 310 g/mol. The van der Waals surface area contributed by atoms with Crippen LogP contribution in [0.15, 0.2) is 22.9 Å². The molecule has 1 N–H and O–H groups in total. The minimum Gasteiger partial charge on any atom is -0.481 e. The summed E-state index contributed by atoms with van der Waals surface area (Å²) in [6, 6.07) is 4.14. The Bertz CT molecular complexity index is 576. The molecule has 0 spiro atoms. The number of rotatable bonds is 6. The van der Waals surface area contributed by atoms with E-state index in [1.54, 1.807) is 25.2 Å². The molecule has 0 aliphatic rings. The molecule has 6 heteroatoms. The fourth-order valence-corrected chi connectivity index (χ4v) is 3.49. The lowest BCUT2D eigenvalue weighted by molar-refractivity contribution is -0.142. The predicted octanol–water partition coefficient (Wildman–Crippen LogP) is 3.59. The monoisotopic (exact) mass is 310 g/mol. The predicted molar refractivity (Wildman–Crippen MR) is 83.8 cm³/mol. The Kier molecular flexibility index (Phi) is 4.45. The molecule has 0 unspecified atom stereocenters. The van der Waals surface area contributed by atoms with Crippen molar-refractivity contribution in [3.05, 3.63) is 33.5 Å². The van der Waals surface area contributed by atoms with Crippen molar-refractivity contribution >= 4 is 33.8 Å². The van der Waals surface area contributed by atoms with Gasteiger partial charge < -0.3 is 10.0 Å². The molecule has 2 heterocycles. The molecule has 0 saturated carbocycles. The zero-order valence-electron chi connectivity index (χ0n) is 11.8. The van der Waals surface area contributed by atoms with E-state index in [2.05, 4.69) is 28.3 Å². The average Bonchev–Trinajstić information content (AvgIpc) is 3.07. The highest BCUT2D eigenvalue weighted by Crippen LogP contribution is 2.30. The highest BCUT2D eigenvalue weighted by Gasteiger charge is 2.32. The summed E-state index contributed by atoms with van der Waals surface area (Å²) in [6.45, 7) is 7.11. The molecule has 0 amide bonds. The van der Waals surface area contributed by atoms with Gasteiger partial charge in [0.05, 0.1) is 12.2 Å². The van der Waals surface area contributed by atoms with Crippen molar-refractivity contribution in [2.24, 2.45) is 0 Å². The van der Waals surface area contributed by atoms with Crippen LogP contribution in [0.3, 0.4) is 0 Å². The number of nitrogens with zero attached hydrogens (tertiary/aromatic N) is 2. The van der Waals surface area contributed by atoms with E-state index in [-0.39, 0.29) is 0 Å². The van der Waals surface area contributed by atoms with Crippen LogP contribution in [0.5, 0.6) is 0 Å². The van der Waals surface area contributed by atoms with Crippen molar-refractivity contribution in [2.75, 3.05) is 11.4 Å². The number of aliphatic carboxylic acids is 1. The van der Waals surface area contributed by atoms with Crippen LogP contribution in [0.2, 0.25) is 0 Å². The summed E-state index contributed by atoms with van der Waals surface area (Å²) in [5, 5.41) is 14.0. The van der Waals surface area contributed by atoms with Gasteiger partial charge in [0.15, 0.2) is 5.13 Å². The summed E-state index contributed by atoms with van der Waals surface area (Å²) in [6.07, 6.45) is 0. The summed E-state index contributed by atoms with van der Waals surface area (Å²) < 4.78 is 0. The smallest absolute Gasteiger partial charge is 0.315 e. The standard InChI is InChI=1S/C14H18N2O2S2/c1-4-16(8-10-6-5-7-19-10)13-15-11(9-20-13)14(2,3)12(17)18/h5-7,9H,4,8H2,1-3H3,(H,17,18). The quantitative estimate of drug-likeness (QED) is 0.886. The molecule has 0 atom stereocenters. The zero-order chi connectivity index (χ0) is 14.8. The number of carbonyl (C=O) groups is 1. The van der Waals surface area contributed by atoms with Gasteiger partial charge in [-0.05, 0) is 32.2 Å². The van der Waals surface area contributed by atoms with Gasteiger partial charge in [-0.2, -0.15) is 0 Å². The highest BCUT2D eigenvalue weighted by molar-refractivity contribution is 7.13. The molecule has 4 nitrogen and oxygen atoms in total. The normalized spacial score (nSPS) is 11.6.